The summed E-state index contributed by atoms with van der Waals surface area (Å²) in [5.74, 6) is 0.677. The molecule has 0 amide bonds. The fraction of sp³-hybridized carbons (Fsp3) is 0.600. The smallest absolute Gasteiger partial charge is 0.0518 e. The molecule has 1 aromatic rings. The molecule has 0 fully saturated rings. The molecular weight excluding hydrogens is 210 g/mol. The van der Waals surface area contributed by atoms with Gasteiger partial charge in [0.2, 0.25) is 0 Å². The van der Waals surface area contributed by atoms with Crippen LogP contribution in [0.2, 0.25) is 0 Å². The van der Waals surface area contributed by atoms with E-state index in [1.165, 1.54) is 17.5 Å². The van der Waals surface area contributed by atoms with Gasteiger partial charge in [0, 0.05) is 12.6 Å². The third kappa shape index (κ3) is 2.88. The van der Waals surface area contributed by atoms with Gasteiger partial charge in [0.1, 0.15) is 0 Å². The zero-order valence-electron chi connectivity index (χ0n) is 11.1. The first-order chi connectivity index (χ1) is 8.22. The van der Waals surface area contributed by atoms with Gasteiger partial charge in [-0.15, -0.1) is 0 Å². The molecule has 1 aromatic carbocycles. The van der Waals surface area contributed by atoms with Gasteiger partial charge in [-0.25, -0.2) is 0 Å². The monoisotopic (exact) mass is 233 g/mol. The van der Waals surface area contributed by atoms with Crippen molar-refractivity contribution in [1.29, 1.82) is 0 Å². The molecule has 2 nitrogen and oxygen atoms in total. The summed E-state index contributed by atoms with van der Waals surface area (Å²) in [6.45, 7) is 5.06. The summed E-state index contributed by atoms with van der Waals surface area (Å²) in [6, 6.07) is 9.28. The van der Waals surface area contributed by atoms with Crippen molar-refractivity contribution in [2.75, 3.05) is 13.7 Å². The molecule has 0 heterocycles. The summed E-state index contributed by atoms with van der Waals surface area (Å²) >= 11 is 0. The first kappa shape index (κ1) is 12.6. The van der Waals surface area contributed by atoms with E-state index >= 15 is 0 Å². The minimum Gasteiger partial charge on any atom is -0.379 e. The average Bonchev–Trinajstić information content (AvgIpc) is 2.66. The molecule has 0 saturated carbocycles. The van der Waals surface area contributed by atoms with Crippen LogP contribution in [0.5, 0.6) is 0 Å². The molecule has 0 aromatic heterocycles. The molecule has 0 bridgehead atoms. The predicted molar refractivity (Wildman–Crippen MR) is 71.1 cm³/mol. The number of ether oxygens (including phenoxy) is 1. The molecule has 2 atom stereocenters. The van der Waals surface area contributed by atoms with Crippen LogP contribution in [0.1, 0.15) is 37.4 Å². The van der Waals surface area contributed by atoms with Gasteiger partial charge in [-0.3, -0.25) is 0 Å². The number of hydrogen-bond acceptors (Lipinski definition) is 2. The van der Waals surface area contributed by atoms with E-state index in [1.807, 2.05) is 0 Å². The minimum atomic E-state index is 0.340. The second-order valence-electron chi connectivity index (χ2n) is 5.14. The Morgan fingerprint density at radius 1 is 1.35 bits per heavy atom. The van der Waals surface area contributed by atoms with Gasteiger partial charge in [-0.1, -0.05) is 24.3 Å². The predicted octanol–water partition coefficient (Wildman–Crippen LogP) is 2.93. The first-order valence-corrected chi connectivity index (χ1v) is 6.59. The third-order valence-electron chi connectivity index (χ3n) is 3.59. The molecule has 17 heavy (non-hydrogen) atoms. The second-order valence-corrected chi connectivity index (χ2v) is 5.14. The van der Waals surface area contributed by atoms with E-state index in [0.717, 1.165) is 13.0 Å². The van der Waals surface area contributed by atoms with E-state index in [9.17, 15) is 0 Å². The Hall–Kier alpha value is -0.860. The molecule has 2 heteroatoms. The van der Waals surface area contributed by atoms with Crippen LogP contribution in [0, 0.1) is 5.92 Å². The zero-order chi connectivity index (χ0) is 12.3. The third-order valence-corrected chi connectivity index (χ3v) is 3.59. The summed E-state index contributed by atoms with van der Waals surface area (Å²) in [6.07, 6.45) is 2.66. The Balaban J connectivity index is 1.97. The molecule has 0 spiro atoms. The van der Waals surface area contributed by atoms with Crippen LogP contribution >= 0.6 is 0 Å². The number of fused-ring (bicyclic) bond motifs is 1. The van der Waals surface area contributed by atoms with Crippen LogP contribution in [0.3, 0.4) is 0 Å². The first-order valence-electron chi connectivity index (χ1n) is 6.59. The highest BCUT2D eigenvalue weighted by Gasteiger charge is 2.30. The molecule has 0 aliphatic heterocycles. The lowest BCUT2D eigenvalue weighted by Crippen LogP contribution is -2.23. The molecule has 0 radical (unpaired) electrons. The lowest BCUT2D eigenvalue weighted by molar-refractivity contribution is 0.0661. The second kappa shape index (κ2) is 5.65. The van der Waals surface area contributed by atoms with Gasteiger partial charge in [0.15, 0.2) is 0 Å². The lowest BCUT2D eigenvalue weighted by atomic mass is 9.97. The highest BCUT2D eigenvalue weighted by Crippen LogP contribution is 2.37. The molecule has 1 aliphatic rings. The van der Waals surface area contributed by atoms with Crippen molar-refractivity contribution in [2.24, 2.45) is 5.92 Å². The van der Waals surface area contributed by atoms with Gasteiger partial charge < -0.3 is 10.1 Å². The molecular formula is C15H23NO. The molecule has 2 rings (SSSR count). The summed E-state index contributed by atoms with van der Waals surface area (Å²) in [7, 11) is 2.06. The highest BCUT2D eigenvalue weighted by atomic mass is 16.5. The maximum atomic E-state index is 5.67. The molecule has 0 saturated heterocycles. The van der Waals surface area contributed by atoms with Crippen molar-refractivity contribution in [2.45, 2.75) is 38.8 Å². The van der Waals surface area contributed by atoms with Crippen molar-refractivity contribution in [3.05, 3.63) is 35.4 Å². The van der Waals surface area contributed by atoms with Crippen molar-refractivity contribution in [3.63, 3.8) is 0 Å². The average molecular weight is 233 g/mol. The van der Waals surface area contributed by atoms with Gasteiger partial charge in [0.05, 0.1) is 6.10 Å². The van der Waals surface area contributed by atoms with Crippen LogP contribution in [0.4, 0.5) is 0 Å². The van der Waals surface area contributed by atoms with E-state index in [1.54, 1.807) is 0 Å². The van der Waals surface area contributed by atoms with Crippen LogP contribution in [0.25, 0.3) is 0 Å². The minimum absolute atomic E-state index is 0.340. The van der Waals surface area contributed by atoms with Crippen molar-refractivity contribution in [1.82, 2.24) is 5.32 Å². The van der Waals surface area contributed by atoms with E-state index < -0.39 is 0 Å². The number of hydrogen-bond donors (Lipinski definition) is 1. The van der Waals surface area contributed by atoms with Gasteiger partial charge in [-0.05, 0) is 50.8 Å². The largest absolute Gasteiger partial charge is 0.379 e. The SMILES string of the molecule is CNC1c2ccccc2CC1CCOC(C)C. The maximum absolute atomic E-state index is 5.67. The van der Waals surface area contributed by atoms with Crippen molar-refractivity contribution in [3.8, 4) is 0 Å². The van der Waals surface area contributed by atoms with Crippen molar-refractivity contribution < 1.29 is 4.74 Å². The topological polar surface area (TPSA) is 21.3 Å². The normalized spacial score (nSPS) is 23.1. The Morgan fingerprint density at radius 2 is 2.12 bits per heavy atom. The Bertz CT molecular complexity index is 362. The standard InChI is InChI=1S/C15H23NO/c1-11(2)17-9-8-13-10-12-6-4-5-7-14(12)15(13)16-3/h4-7,11,13,15-16H,8-10H2,1-3H3. The molecule has 2 unspecified atom stereocenters. The van der Waals surface area contributed by atoms with E-state index in [0.29, 0.717) is 18.1 Å². The van der Waals surface area contributed by atoms with Gasteiger partial charge in [-0.2, -0.15) is 0 Å². The Morgan fingerprint density at radius 3 is 2.82 bits per heavy atom. The zero-order valence-corrected chi connectivity index (χ0v) is 11.1. The summed E-state index contributed by atoms with van der Waals surface area (Å²) in [5.41, 5.74) is 2.98. The quantitative estimate of drug-likeness (QED) is 0.844. The summed E-state index contributed by atoms with van der Waals surface area (Å²) in [4.78, 5) is 0. The van der Waals surface area contributed by atoms with Crippen LogP contribution in [-0.2, 0) is 11.2 Å². The van der Waals surface area contributed by atoms with E-state index in [4.69, 9.17) is 4.74 Å². The fourth-order valence-electron chi connectivity index (χ4n) is 2.79. The molecule has 94 valence electrons. The number of nitrogens with one attached hydrogen (secondary N) is 1. The maximum Gasteiger partial charge on any atom is 0.0518 e. The Kier molecular flexibility index (Phi) is 4.19. The van der Waals surface area contributed by atoms with Gasteiger partial charge >= 0.3 is 0 Å². The molecule has 1 aliphatic carbocycles. The summed E-state index contributed by atoms with van der Waals surface area (Å²) in [5, 5.41) is 3.45. The lowest BCUT2D eigenvalue weighted by Gasteiger charge is -2.20. The number of rotatable bonds is 5. The van der Waals surface area contributed by atoms with Crippen LogP contribution in [-0.4, -0.2) is 19.8 Å². The van der Waals surface area contributed by atoms with E-state index in [2.05, 4.69) is 50.5 Å². The van der Waals surface area contributed by atoms with Gasteiger partial charge in [0.25, 0.3) is 0 Å². The molecule has 1 N–H and O–H groups in total. The van der Waals surface area contributed by atoms with E-state index in [-0.39, 0.29) is 0 Å². The Labute approximate surface area is 104 Å². The number of benzene rings is 1. The fourth-order valence-corrected chi connectivity index (χ4v) is 2.79. The highest BCUT2D eigenvalue weighted by molar-refractivity contribution is 5.35. The van der Waals surface area contributed by atoms with Crippen molar-refractivity contribution >= 4 is 0 Å². The summed E-state index contributed by atoms with van der Waals surface area (Å²) < 4.78 is 5.67. The van der Waals surface area contributed by atoms with Crippen LogP contribution in [0.15, 0.2) is 24.3 Å². The van der Waals surface area contributed by atoms with Crippen LogP contribution < -0.4 is 5.32 Å².